The van der Waals surface area contributed by atoms with Gasteiger partial charge in [-0.2, -0.15) is 0 Å². The number of anilines is 1. The van der Waals surface area contributed by atoms with Gasteiger partial charge in [-0.15, -0.1) is 0 Å². The Balaban J connectivity index is 2.16. The van der Waals surface area contributed by atoms with E-state index in [9.17, 15) is 0 Å². The molecule has 0 spiro atoms. The Morgan fingerprint density at radius 1 is 1.19 bits per heavy atom. The predicted molar refractivity (Wildman–Crippen MR) is 65.5 cm³/mol. The highest BCUT2D eigenvalue weighted by Gasteiger charge is 1.96. The Bertz CT molecular complexity index is 291. The molecule has 1 heterocycles. The van der Waals surface area contributed by atoms with Gasteiger partial charge in [0.2, 0.25) is 0 Å². The van der Waals surface area contributed by atoms with Gasteiger partial charge in [0.1, 0.15) is 12.1 Å². The summed E-state index contributed by atoms with van der Waals surface area (Å²) in [7, 11) is 0. The minimum Gasteiger partial charge on any atom is -0.396 e. The van der Waals surface area contributed by atoms with Crippen molar-refractivity contribution in [2.45, 2.75) is 39.0 Å². The molecule has 0 aromatic carbocycles. The van der Waals surface area contributed by atoms with Crippen LogP contribution in [0.3, 0.4) is 0 Å². The summed E-state index contributed by atoms with van der Waals surface area (Å²) in [5.41, 5.74) is 1.07. The monoisotopic (exact) mass is 223 g/mol. The maximum Gasteiger partial charge on any atom is 0.129 e. The molecule has 0 unspecified atom stereocenters. The summed E-state index contributed by atoms with van der Waals surface area (Å²) in [5.74, 6) is 0.911. The van der Waals surface area contributed by atoms with Gasteiger partial charge in [0.25, 0.3) is 0 Å². The second-order valence-corrected chi connectivity index (χ2v) is 3.81. The molecular weight excluding hydrogens is 202 g/mol. The van der Waals surface area contributed by atoms with Crippen LogP contribution >= 0.6 is 0 Å². The zero-order chi connectivity index (χ0) is 11.6. The lowest BCUT2D eigenvalue weighted by atomic mass is 10.2. The van der Waals surface area contributed by atoms with Crippen molar-refractivity contribution in [3.05, 3.63) is 18.1 Å². The molecule has 1 aromatic heterocycles. The zero-order valence-corrected chi connectivity index (χ0v) is 9.95. The molecule has 0 radical (unpaired) electrons. The second-order valence-electron chi connectivity index (χ2n) is 3.81. The van der Waals surface area contributed by atoms with Crippen LogP contribution in [0.25, 0.3) is 0 Å². The van der Waals surface area contributed by atoms with Gasteiger partial charge in [-0.05, 0) is 19.3 Å². The molecule has 0 aliphatic heterocycles. The van der Waals surface area contributed by atoms with E-state index >= 15 is 0 Å². The van der Waals surface area contributed by atoms with E-state index in [4.69, 9.17) is 5.11 Å². The van der Waals surface area contributed by atoms with Gasteiger partial charge in [-0.3, -0.25) is 0 Å². The summed E-state index contributed by atoms with van der Waals surface area (Å²) in [6.07, 6.45) is 6.82. The first-order valence-corrected chi connectivity index (χ1v) is 6.02. The van der Waals surface area contributed by atoms with Gasteiger partial charge in [-0.25, -0.2) is 9.97 Å². The van der Waals surface area contributed by atoms with Crippen LogP contribution in [-0.4, -0.2) is 28.2 Å². The topological polar surface area (TPSA) is 58.0 Å². The van der Waals surface area contributed by atoms with Crippen molar-refractivity contribution in [2.24, 2.45) is 0 Å². The fourth-order valence-electron chi connectivity index (χ4n) is 1.49. The molecule has 1 rings (SSSR count). The van der Waals surface area contributed by atoms with Crippen molar-refractivity contribution in [2.75, 3.05) is 18.5 Å². The van der Waals surface area contributed by atoms with Crippen molar-refractivity contribution in [3.63, 3.8) is 0 Å². The van der Waals surface area contributed by atoms with Crippen LogP contribution in [0.15, 0.2) is 12.4 Å². The lowest BCUT2D eigenvalue weighted by Gasteiger charge is -2.05. The van der Waals surface area contributed by atoms with Crippen LogP contribution in [0, 0.1) is 0 Å². The average Bonchev–Trinajstić information content (AvgIpc) is 2.34. The number of unbranched alkanes of at least 4 members (excludes halogenated alkanes) is 3. The number of hydrogen-bond acceptors (Lipinski definition) is 4. The molecule has 4 heteroatoms. The Morgan fingerprint density at radius 3 is 2.75 bits per heavy atom. The largest absolute Gasteiger partial charge is 0.396 e. The first-order valence-electron chi connectivity index (χ1n) is 6.02. The Morgan fingerprint density at radius 2 is 2.00 bits per heavy atom. The quantitative estimate of drug-likeness (QED) is 0.662. The van der Waals surface area contributed by atoms with E-state index in [1.165, 1.54) is 0 Å². The second kappa shape index (κ2) is 8.05. The molecule has 0 bridgehead atoms. The lowest BCUT2D eigenvalue weighted by molar-refractivity contribution is 0.283. The average molecular weight is 223 g/mol. The standard InChI is InChI=1S/C12H21N3O/c1-2-11-9-12(15-10-14-11)13-7-5-3-4-6-8-16/h9-10,16H,2-8H2,1H3,(H,13,14,15). The first kappa shape index (κ1) is 12.9. The van der Waals surface area contributed by atoms with Crippen LogP contribution in [0.4, 0.5) is 5.82 Å². The molecule has 1 aromatic rings. The molecule has 0 saturated heterocycles. The molecule has 16 heavy (non-hydrogen) atoms. The van der Waals surface area contributed by atoms with E-state index in [1.54, 1.807) is 6.33 Å². The summed E-state index contributed by atoms with van der Waals surface area (Å²) in [5, 5.41) is 11.9. The molecule has 0 atom stereocenters. The van der Waals surface area contributed by atoms with E-state index in [0.29, 0.717) is 6.61 Å². The molecule has 2 N–H and O–H groups in total. The van der Waals surface area contributed by atoms with Gasteiger partial charge in [0.15, 0.2) is 0 Å². The SMILES string of the molecule is CCc1cc(NCCCCCCO)ncn1. The number of nitrogens with one attached hydrogen (secondary N) is 1. The summed E-state index contributed by atoms with van der Waals surface area (Å²) < 4.78 is 0. The Hall–Kier alpha value is -1.16. The molecule has 4 nitrogen and oxygen atoms in total. The molecule has 90 valence electrons. The number of hydrogen-bond donors (Lipinski definition) is 2. The van der Waals surface area contributed by atoms with Crippen LogP contribution in [0.1, 0.15) is 38.3 Å². The fraction of sp³-hybridized carbons (Fsp3) is 0.667. The van der Waals surface area contributed by atoms with Gasteiger partial charge in [-0.1, -0.05) is 19.8 Å². The third-order valence-electron chi connectivity index (χ3n) is 2.48. The highest BCUT2D eigenvalue weighted by molar-refractivity contribution is 5.34. The maximum absolute atomic E-state index is 8.63. The van der Waals surface area contributed by atoms with Crippen LogP contribution in [0.2, 0.25) is 0 Å². The fourth-order valence-corrected chi connectivity index (χ4v) is 1.49. The summed E-state index contributed by atoms with van der Waals surface area (Å²) >= 11 is 0. The number of aromatic nitrogens is 2. The van der Waals surface area contributed by atoms with E-state index in [2.05, 4.69) is 22.2 Å². The van der Waals surface area contributed by atoms with Crippen molar-refractivity contribution in [1.29, 1.82) is 0 Å². The smallest absolute Gasteiger partial charge is 0.129 e. The first-order chi connectivity index (χ1) is 7.86. The van der Waals surface area contributed by atoms with Crippen molar-refractivity contribution < 1.29 is 5.11 Å². The van der Waals surface area contributed by atoms with Gasteiger partial charge >= 0.3 is 0 Å². The number of aryl methyl sites for hydroxylation is 1. The predicted octanol–water partition coefficient (Wildman–Crippen LogP) is 2.00. The number of nitrogens with zero attached hydrogens (tertiary/aromatic N) is 2. The van der Waals surface area contributed by atoms with E-state index in [1.807, 2.05) is 6.07 Å². The zero-order valence-electron chi connectivity index (χ0n) is 9.95. The summed E-state index contributed by atoms with van der Waals surface area (Å²) in [4.78, 5) is 8.31. The van der Waals surface area contributed by atoms with Gasteiger partial charge in [0, 0.05) is 24.9 Å². The lowest BCUT2D eigenvalue weighted by Crippen LogP contribution is -2.04. The number of aliphatic hydroxyl groups is 1. The normalized spacial score (nSPS) is 10.4. The van der Waals surface area contributed by atoms with E-state index in [0.717, 1.165) is 50.2 Å². The van der Waals surface area contributed by atoms with Crippen molar-refractivity contribution in [3.8, 4) is 0 Å². The highest BCUT2D eigenvalue weighted by Crippen LogP contribution is 2.05. The van der Waals surface area contributed by atoms with Crippen LogP contribution < -0.4 is 5.32 Å². The van der Waals surface area contributed by atoms with E-state index in [-0.39, 0.29) is 0 Å². The van der Waals surface area contributed by atoms with Crippen molar-refractivity contribution >= 4 is 5.82 Å². The Kier molecular flexibility index (Phi) is 6.49. The molecule has 0 fully saturated rings. The minimum atomic E-state index is 0.305. The molecule has 0 aliphatic rings. The van der Waals surface area contributed by atoms with Crippen molar-refractivity contribution in [1.82, 2.24) is 9.97 Å². The summed E-state index contributed by atoms with van der Waals surface area (Å²) in [6.45, 7) is 3.33. The number of rotatable bonds is 8. The van der Waals surface area contributed by atoms with Gasteiger partial charge in [0.05, 0.1) is 0 Å². The third-order valence-corrected chi connectivity index (χ3v) is 2.48. The molecule has 0 aliphatic carbocycles. The highest BCUT2D eigenvalue weighted by atomic mass is 16.2. The maximum atomic E-state index is 8.63. The van der Waals surface area contributed by atoms with Crippen LogP contribution in [-0.2, 0) is 6.42 Å². The molecule has 0 amide bonds. The third kappa shape index (κ3) is 5.07. The molecule has 0 saturated carbocycles. The van der Waals surface area contributed by atoms with Crippen LogP contribution in [0.5, 0.6) is 0 Å². The number of aliphatic hydroxyl groups excluding tert-OH is 1. The molecular formula is C12H21N3O. The Labute approximate surface area is 97.1 Å². The van der Waals surface area contributed by atoms with Gasteiger partial charge < -0.3 is 10.4 Å². The van der Waals surface area contributed by atoms with E-state index < -0.39 is 0 Å². The minimum absolute atomic E-state index is 0.305. The summed E-state index contributed by atoms with van der Waals surface area (Å²) in [6, 6.07) is 1.99.